The average molecular weight is 475 g/mol. The Morgan fingerprint density at radius 3 is 2.18 bits per heavy atom. The normalized spacial score (nSPS) is 13.2. The van der Waals surface area contributed by atoms with Crippen molar-refractivity contribution in [2.45, 2.75) is 77.9 Å². The van der Waals surface area contributed by atoms with Gasteiger partial charge in [-0.15, -0.1) is 11.5 Å². The van der Waals surface area contributed by atoms with Crippen molar-refractivity contribution in [1.82, 2.24) is 10.6 Å². The minimum atomic E-state index is -1.85. The molecule has 0 saturated heterocycles. The van der Waals surface area contributed by atoms with Crippen LogP contribution in [0.1, 0.15) is 46.6 Å². The summed E-state index contributed by atoms with van der Waals surface area (Å²) in [5, 5.41) is 5.36. The molecule has 0 radical (unpaired) electrons. The molecule has 0 aliphatic carbocycles. The zero-order chi connectivity index (χ0) is 25.2. The van der Waals surface area contributed by atoms with Gasteiger partial charge in [0.05, 0.1) is 7.11 Å². The Kier molecular flexibility index (Phi) is 10.7. The third-order valence-corrected chi connectivity index (χ3v) is 10.4. The van der Waals surface area contributed by atoms with E-state index in [0.717, 1.165) is 5.56 Å². The lowest BCUT2D eigenvalue weighted by Crippen LogP contribution is -2.53. The maximum Gasteiger partial charge on any atom is 0.408 e. The summed E-state index contributed by atoms with van der Waals surface area (Å²) in [6.07, 6.45) is -0.575. The average Bonchev–Trinajstić information content (AvgIpc) is 2.74. The van der Waals surface area contributed by atoms with Gasteiger partial charge in [-0.05, 0) is 16.5 Å². The Bertz CT molecular complexity index is 866. The lowest BCUT2D eigenvalue weighted by atomic mass is 10.0. The molecule has 2 amide bonds. The Morgan fingerprint density at radius 1 is 1.06 bits per heavy atom. The fourth-order valence-corrected chi connectivity index (χ4v) is 3.50. The molecule has 0 heterocycles. The summed E-state index contributed by atoms with van der Waals surface area (Å²) in [6, 6.07) is 7.44. The number of nitrogens with one attached hydrogen (secondary N) is 2. The first-order valence-electron chi connectivity index (χ1n) is 11.1. The minimum Gasteiger partial charge on any atom is -0.467 e. The lowest BCUT2D eigenvalue weighted by molar-refractivity contribution is -0.145. The standard InChI is InChI=1S/C25H38N2O5Si/c1-18(2)21(27-24(30)32-17-19-13-10-9-11-14-19)22(28)26-20(23(29)31-6)15-12-16-33(7,8)25(3,4)5/h9-11,13-14,18,20-21H,15,17H2,1-8H3,(H,26,28)(H,27,30)/t20-,21+/m1/s1. The summed E-state index contributed by atoms with van der Waals surface area (Å²) in [5.74, 6) is 1.78. The molecule has 0 saturated carbocycles. The summed E-state index contributed by atoms with van der Waals surface area (Å²) in [4.78, 5) is 37.4. The van der Waals surface area contributed by atoms with Crippen molar-refractivity contribution in [3.05, 3.63) is 35.9 Å². The Hall–Kier alpha value is -2.79. The van der Waals surface area contributed by atoms with Gasteiger partial charge in [-0.25, -0.2) is 9.59 Å². The number of methoxy groups -OCH3 is 1. The van der Waals surface area contributed by atoms with Crippen LogP contribution in [0.4, 0.5) is 4.79 Å². The van der Waals surface area contributed by atoms with Crippen LogP contribution < -0.4 is 10.6 Å². The first kappa shape index (κ1) is 28.2. The van der Waals surface area contributed by atoms with Crippen LogP contribution in [0.15, 0.2) is 30.3 Å². The summed E-state index contributed by atoms with van der Waals surface area (Å²) in [6.45, 7) is 14.5. The van der Waals surface area contributed by atoms with E-state index in [0.29, 0.717) is 0 Å². The summed E-state index contributed by atoms with van der Waals surface area (Å²) < 4.78 is 10.1. The van der Waals surface area contributed by atoms with Crippen LogP contribution in [0.25, 0.3) is 0 Å². The number of rotatable bonds is 8. The van der Waals surface area contributed by atoms with Gasteiger partial charge in [0.15, 0.2) is 0 Å². The molecular formula is C25H38N2O5Si. The number of benzene rings is 1. The van der Waals surface area contributed by atoms with Gasteiger partial charge in [0.1, 0.15) is 26.8 Å². The number of ether oxygens (including phenoxy) is 2. The van der Waals surface area contributed by atoms with Crippen LogP contribution in [0.5, 0.6) is 0 Å². The van der Waals surface area contributed by atoms with Crippen molar-refractivity contribution in [2.75, 3.05) is 7.11 Å². The first-order chi connectivity index (χ1) is 15.3. The number of alkyl carbamates (subject to hydrolysis) is 1. The number of hydrogen-bond acceptors (Lipinski definition) is 5. The van der Waals surface area contributed by atoms with Crippen LogP contribution in [0, 0.1) is 17.4 Å². The largest absolute Gasteiger partial charge is 0.467 e. The third kappa shape index (κ3) is 9.30. The molecule has 7 nitrogen and oxygen atoms in total. The molecule has 33 heavy (non-hydrogen) atoms. The molecule has 1 rings (SSSR count). The van der Waals surface area contributed by atoms with Crippen molar-refractivity contribution < 1.29 is 23.9 Å². The predicted molar refractivity (Wildman–Crippen MR) is 132 cm³/mol. The Morgan fingerprint density at radius 2 is 1.67 bits per heavy atom. The number of esters is 1. The molecule has 0 aliphatic heterocycles. The smallest absolute Gasteiger partial charge is 0.408 e. The molecule has 0 aliphatic rings. The number of carbonyl (C=O) groups excluding carboxylic acids is 3. The summed E-state index contributed by atoms with van der Waals surface area (Å²) >= 11 is 0. The second kappa shape index (κ2) is 12.4. The maximum atomic E-state index is 12.9. The van der Waals surface area contributed by atoms with Gasteiger partial charge in [-0.1, -0.05) is 78.0 Å². The van der Waals surface area contributed by atoms with E-state index >= 15 is 0 Å². The molecule has 8 heteroatoms. The van der Waals surface area contributed by atoms with Gasteiger partial charge in [-0.3, -0.25) is 4.79 Å². The quantitative estimate of drug-likeness (QED) is 0.337. The van der Waals surface area contributed by atoms with Crippen LogP contribution in [0.3, 0.4) is 0 Å². The zero-order valence-electron chi connectivity index (χ0n) is 21.1. The van der Waals surface area contributed by atoms with E-state index in [2.05, 4.69) is 56.0 Å². The van der Waals surface area contributed by atoms with Crippen molar-refractivity contribution >= 4 is 26.0 Å². The second-order valence-electron chi connectivity index (χ2n) is 9.89. The molecule has 0 unspecified atom stereocenters. The highest BCUT2D eigenvalue weighted by Gasteiger charge is 2.34. The molecular weight excluding hydrogens is 436 g/mol. The van der Waals surface area contributed by atoms with Gasteiger partial charge >= 0.3 is 12.1 Å². The molecule has 2 atom stereocenters. The topological polar surface area (TPSA) is 93.7 Å². The van der Waals surface area contributed by atoms with Crippen molar-refractivity contribution in [1.29, 1.82) is 0 Å². The van der Waals surface area contributed by atoms with Crippen LogP contribution in [-0.2, 0) is 25.7 Å². The lowest BCUT2D eigenvalue weighted by Gasteiger charge is -2.31. The molecule has 1 aromatic carbocycles. The molecule has 2 N–H and O–H groups in total. The van der Waals surface area contributed by atoms with E-state index in [1.165, 1.54) is 7.11 Å². The first-order valence-corrected chi connectivity index (χ1v) is 14.1. The predicted octanol–water partition coefficient (Wildman–Crippen LogP) is 4.04. The number of hydrogen-bond donors (Lipinski definition) is 2. The van der Waals surface area contributed by atoms with Crippen molar-refractivity contribution in [2.24, 2.45) is 5.92 Å². The summed E-state index contributed by atoms with van der Waals surface area (Å²) in [5.41, 5.74) is 4.18. The third-order valence-electron chi connectivity index (χ3n) is 5.82. The second-order valence-corrected chi connectivity index (χ2v) is 14.9. The van der Waals surface area contributed by atoms with Gasteiger partial charge < -0.3 is 20.1 Å². The Balaban J connectivity index is 2.83. The van der Waals surface area contributed by atoms with Gasteiger partial charge in [-0.2, -0.15) is 0 Å². The number of carbonyl (C=O) groups is 3. The molecule has 0 fully saturated rings. The van der Waals surface area contributed by atoms with Crippen LogP contribution >= 0.6 is 0 Å². The van der Waals surface area contributed by atoms with Crippen molar-refractivity contribution in [3.63, 3.8) is 0 Å². The monoisotopic (exact) mass is 474 g/mol. The van der Waals surface area contributed by atoms with Crippen LogP contribution in [-0.4, -0.2) is 45.2 Å². The van der Waals surface area contributed by atoms with E-state index in [-0.39, 0.29) is 24.0 Å². The zero-order valence-corrected chi connectivity index (χ0v) is 22.1. The SMILES string of the molecule is COC(=O)[C@@H](CC#C[Si](C)(C)C(C)(C)C)NC(=O)[C@@H](NC(=O)OCc1ccccc1)C(C)C. The molecule has 1 aromatic rings. The molecule has 0 aromatic heterocycles. The van der Waals surface area contributed by atoms with E-state index in [1.54, 1.807) is 13.8 Å². The fraction of sp³-hybridized carbons (Fsp3) is 0.560. The summed E-state index contributed by atoms with van der Waals surface area (Å²) in [7, 11) is -0.589. The van der Waals surface area contributed by atoms with E-state index in [4.69, 9.17) is 9.47 Å². The van der Waals surface area contributed by atoms with E-state index < -0.39 is 38.1 Å². The highest BCUT2D eigenvalue weighted by atomic mass is 28.3. The van der Waals surface area contributed by atoms with Gasteiger partial charge in [0.2, 0.25) is 5.91 Å². The van der Waals surface area contributed by atoms with Crippen molar-refractivity contribution in [3.8, 4) is 11.5 Å². The Labute approximate surface area is 199 Å². The molecule has 0 bridgehead atoms. The maximum absolute atomic E-state index is 12.9. The van der Waals surface area contributed by atoms with E-state index in [1.807, 2.05) is 30.3 Å². The fourth-order valence-electron chi connectivity index (χ4n) is 2.59. The van der Waals surface area contributed by atoms with E-state index in [9.17, 15) is 14.4 Å². The minimum absolute atomic E-state index is 0.0801. The number of amides is 2. The molecule has 0 spiro atoms. The molecule has 182 valence electrons. The van der Waals surface area contributed by atoms with Gasteiger partial charge in [0, 0.05) is 6.42 Å². The highest BCUT2D eigenvalue weighted by molar-refractivity contribution is 6.87. The highest BCUT2D eigenvalue weighted by Crippen LogP contribution is 2.35. The van der Waals surface area contributed by atoms with Gasteiger partial charge in [0.25, 0.3) is 0 Å². The van der Waals surface area contributed by atoms with Crippen LogP contribution in [0.2, 0.25) is 18.1 Å².